The SMILES string of the molecule is CCc1ccc(N(C)CC2(CNC)CCOCC2)cc1. The molecule has 1 aromatic carbocycles. The Balaban J connectivity index is 2.04. The molecule has 0 radical (unpaired) electrons. The Labute approximate surface area is 123 Å². The molecular formula is C17H28N2O. The molecule has 112 valence electrons. The summed E-state index contributed by atoms with van der Waals surface area (Å²) in [4.78, 5) is 2.39. The first kappa shape index (κ1) is 15.3. The van der Waals surface area contributed by atoms with Gasteiger partial charge in [0.2, 0.25) is 0 Å². The lowest BCUT2D eigenvalue weighted by Crippen LogP contribution is -2.46. The number of benzene rings is 1. The van der Waals surface area contributed by atoms with Crippen molar-refractivity contribution < 1.29 is 4.74 Å². The Bertz CT molecular complexity index is 390. The summed E-state index contributed by atoms with van der Waals surface area (Å²) in [6.07, 6.45) is 3.39. The minimum atomic E-state index is 0.338. The van der Waals surface area contributed by atoms with Gasteiger partial charge < -0.3 is 15.0 Å². The molecule has 3 heteroatoms. The predicted molar refractivity (Wildman–Crippen MR) is 85.5 cm³/mol. The van der Waals surface area contributed by atoms with E-state index in [2.05, 4.69) is 48.5 Å². The van der Waals surface area contributed by atoms with Crippen LogP contribution in [0.4, 0.5) is 5.69 Å². The molecule has 0 bridgehead atoms. The molecule has 0 unspecified atom stereocenters. The smallest absolute Gasteiger partial charge is 0.0472 e. The third-order valence-corrected chi connectivity index (χ3v) is 4.46. The molecule has 1 saturated heterocycles. The van der Waals surface area contributed by atoms with Gasteiger partial charge in [-0.15, -0.1) is 0 Å². The first-order chi connectivity index (χ1) is 9.69. The van der Waals surface area contributed by atoms with E-state index in [1.54, 1.807) is 0 Å². The second-order valence-electron chi connectivity index (χ2n) is 6.02. The zero-order valence-electron chi connectivity index (χ0n) is 13.1. The maximum Gasteiger partial charge on any atom is 0.0472 e. The zero-order valence-corrected chi connectivity index (χ0v) is 13.1. The van der Waals surface area contributed by atoms with Crippen LogP contribution in [0.3, 0.4) is 0 Å². The highest BCUT2D eigenvalue weighted by atomic mass is 16.5. The van der Waals surface area contributed by atoms with Crippen LogP contribution < -0.4 is 10.2 Å². The maximum absolute atomic E-state index is 5.54. The molecule has 1 aliphatic heterocycles. The van der Waals surface area contributed by atoms with Crippen LogP contribution in [0.5, 0.6) is 0 Å². The van der Waals surface area contributed by atoms with Crippen LogP contribution in [-0.4, -0.2) is 40.4 Å². The third-order valence-electron chi connectivity index (χ3n) is 4.46. The van der Waals surface area contributed by atoms with Crippen LogP contribution in [-0.2, 0) is 11.2 Å². The Kier molecular flexibility index (Phi) is 5.44. The van der Waals surface area contributed by atoms with Crippen molar-refractivity contribution in [1.82, 2.24) is 5.32 Å². The van der Waals surface area contributed by atoms with Crippen molar-refractivity contribution in [3.05, 3.63) is 29.8 Å². The van der Waals surface area contributed by atoms with Crippen LogP contribution in [0.15, 0.2) is 24.3 Å². The molecule has 1 N–H and O–H groups in total. The molecule has 0 atom stereocenters. The minimum Gasteiger partial charge on any atom is -0.381 e. The topological polar surface area (TPSA) is 24.5 Å². The maximum atomic E-state index is 5.54. The van der Waals surface area contributed by atoms with Gasteiger partial charge in [-0.2, -0.15) is 0 Å². The van der Waals surface area contributed by atoms with Gasteiger partial charge in [-0.1, -0.05) is 19.1 Å². The number of ether oxygens (including phenoxy) is 1. The molecule has 20 heavy (non-hydrogen) atoms. The van der Waals surface area contributed by atoms with Crippen LogP contribution >= 0.6 is 0 Å². The van der Waals surface area contributed by atoms with Crippen molar-refractivity contribution in [3.63, 3.8) is 0 Å². The summed E-state index contributed by atoms with van der Waals surface area (Å²) in [5.74, 6) is 0. The van der Waals surface area contributed by atoms with Gasteiger partial charge in [0.1, 0.15) is 0 Å². The molecule has 1 heterocycles. The van der Waals surface area contributed by atoms with E-state index in [-0.39, 0.29) is 0 Å². The summed E-state index contributed by atoms with van der Waals surface area (Å²) in [5.41, 5.74) is 3.05. The molecule has 0 saturated carbocycles. The highest BCUT2D eigenvalue weighted by Gasteiger charge is 2.33. The monoisotopic (exact) mass is 276 g/mol. The Morgan fingerprint density at radius 3 is 2.40 bits per heavy atom. The van der Waals surface area contributed by atoms with Crippen molar-refractivity contribution in [2.45, 2.75) is 26.2 Å². The number of anilines is 1. The average Bonchev–Trinajstić information content (AvgIpc) is 2.48. The first-order valence-corrected chi connectivity index (χ1v) is 7.71. The van der Waals surface area contributed by atoms with Gasteiger partial charge in [0.15, 0.2) is 0 Å². The van der Waals surface area contributed by atoms with Crippen LogP contribution in [0.2, 0.25) is 0 Å². The van der Waals surface area contributed by atoms with E-state index in [4.69, 9.17) is 4.74 Å². The Morgan fingerprint density at radius 2 is 1.85 bits per heavy atom. The molecule has 0 spiro atoms. The number of hydrogen-bond donors (Lipinski definition) is 1. The van der Waals surface area contributed by atoms with Crippen LogP contribution in [0.25, 0.3) is 0 Å². The van der Waals surface area contributed by atoms with Crippen molar-refractivity contribution in [3.8, 4) is 0 Å². The summed E-state index contributed by atoms with van der Waals surface area (Å²) in [5, 5.41) is 3.37. The molecule has 0 aromatic heterocycles. The summed E-state index contributed by atoms with van der Waals surface area (Å²) in [6, 6.07) is 8.96. The van der Waals surface area contributed by atoms with E-state index in [1.807, 2.05) is 7.05 Å². The van der Waals surface area contributed by atoms with Gasteiger partial charge >= 0.3 is 0 Å². The second-order valence-corrected chi connectivity index (χ2v) is 6.02. The van der Waals surface area contributed by atoms with Gasteiger partial charge in [0.05, 0.1) is 0 Å². The van der Waals surface area contributed by atoms with Crippen LogP contribution in [0, 0.1) is 5.41 Å². The number of nitrogens with one attached hydrogen (secondary N) is 1. The van der Waals surface area contributed by atoms with Crippen LogP contribution in [0.1, 0.15) is 25.3 Å². The Hall–Kier alpha value is -1.06. The molecular weight excluding hydrogens is 248 g/mol. The molecule has 0 amide bonds. The Morgan fingerprint density at radius 1 is 1.20 bits per heavy atom. The first-order valence-electron chi connectivity index (χ1n) is 7.71. The molecule has 1 aliphatic rings. The van der Waals surface area contributed by atoms with E-state index in [0.29, 0.717) is 5.41 Å². The zero-order chi connectivity index (χ0) is 14.4. The van der Waals surface area contributed by atoms with Gasteiger partial charge in [0.25, 0.3) is 0 Å². The van der Waals surface area contributed by atoms with Crippen molar-refractivity contribution >= 4 is 5.69 Å². The van der Waals surface area contributed by atoms with E-state index >= 15 is 0 Å². The summed E-state index contributed by atoms with van der Waals surface area (Å²) in [7, 11) is 4.25. The molecule has 1 fully saturated rings. The number of nitrogens with zero attached hydrogens (tertiary/aromatic N) is 1. The van der Waals surface area contributed by atoms with Crippen molar-refractivity contribution in [2.75, 3.05) is 45.3 Å². The summed E-state index contributed by atoms with van der Waals surface area (Å²) >= 11 is 0. The lowest BCUT2D eigenvalue weighted by molar-refractivity contribution is 0.0197. The van der Waals surface area contributed by atoms with Gasteiger partial charge in [0, 0.05) is 44.5 Å². The van der Waals surface area contributed by atoms with Gasteiger partial charge in [-0.3, -0.25) is 0 Å². The molecule has 3 nitrogen and oxygen atoms in total. The summed E-state index contributed by atoms with van der Waals surface area (Å²) in [6.45, 7) is 6.13. The minimum absolute atomic E-state index is 0.338. The lowest BCUT2D eigenvalue weighted by atomic mass is 9.79. The third kappa shape index (κ3) is 3.74. The fraction of sp³-hybridized carbons (Fsp3) is 0.647. The van der Waals surface area contributed by atoms with Crippen molar-refractivity contribution in [1.29, 1.82) is 0 Å². The normalized spacial score (nSPS) is 17.9. The predicted octanol–water partition coefficient (Wildman–Crippen LogP) is 2.70. The highest BCUT2D eigenvalue weighted by Crippen LogP contribution is 2.32. The molecule has 2 rings (SSSR count). The summed E-state index contributed by atoms with van der Waals surface area (Å²) < 4.78 is 5.54. The van der Waals surface area contributed by atoms with E-state index in [1.165, 1.54) is 11.3 Å². The highest BCUT2D eigenvalue weighted by molar-refractivity contribution is 5.47. The number of hydrogen-bond acceptors (Lipinski definition) is 3. The number of rotatable bonds is 6. The van der Waals surface area contributed by atoms with Gasteiger partial charge in [-0.25, -0.2) is 0 Å². The second kappa shape index (κ2) is 7.09. The fourth-order valence-electron chi connectivity index (χ4n) is 3.15. The number of aryl methyl sites for hydroxylation is 1. The fourth-order valence-corrected chi connectivity index (χ4v) is 3.15. The van der Waals surface area contributed by atoms with E-state index in [9.17, 15) is 0 Å². The van der Waals surface area contributed by atoms with E-state index in [0.717, 1.165) is 45.6 Å². The molecule has 0 aliphatic carbocycles. The average molecular weight is 276 g/mol. The molecule has 1 aromatic rings. The quantitative estimate of drug-likeness (QED) is 0.864. The van der Waals surface area contributed by atoms with E-state index < -0.39 is 0 Å². The van der Waals surface area contributed by atoms with Crippen molar-refractivity contribution in [2.24, 2.45) is 5.41 Å². The standard InChI is InChI=1S/C17H28N2O/c1-4-15-5-7-16(8-6-15)19(3)14-17(13-18-2)9-11-20-12-10-17/h5-8,18H,4,9-14H2,1-3H3. The van der Waals surface area contributed by atoms with Gasteiger partial charge in [-0.05, 0) is 44.0 Å². The largest absolute Gasteiger partial charge is 0.381 e. The lowest BCUT2D eigenvalue weighted by Gasteiger charge is -2.40.